The molecule has 0 saturated heterocycles. The highest BCUT2D eigenvalue weighted by atomic mass is 14.3. The molecule has 0 heterocycles. The van der Waals surface area contributed by atoms with Crippen LogP contribution in [0.15, 0.2) is 0 Å². The van der Waals surface area contributed by atoms with E-state index in [9.17, 15) is 0 Å². The Labute approximate surface area is 103 Å². The fourth-order valence-corrected chi connectivity index (χ4v) is 3.53. The minimum Gasteiger partial charge on any atom is -0.0651 e. The standard InChI is InChI=1S/C16H32/c1-6-14(12-16(3,4)5)13(2)15-10-8-7-9-11-15/h13-15H,6-12H2,1-5H3. The van der Waals surface area contributed by atoms with E-state index in [0.717, 1.165) is 17.8 Å². The zero-order chi connectivity index (χ0) is 12.2. The monoisotopic (exact) mass is 224 g/mol. The van der Waals surface area contributed by atoms with Crippen LogP contribution < -0.4 is 0 Å². The number of hydrogen-bond donors (Lipinski definition) is 0. The third kappa shape index (κ3) is 4.47. The Morgan fingerprint density at radius 2 is 1.62 bits per heavy atom. The van der Waals surface area contributed by atoms with Gasteiger partial charge in [-0.25, -0.2) is 0 Å². The second-order valence-electron chi connectivity index (χ2n) is 7.19. The van der Waals surface area contributed by atoms with Gasteiger partial charge in [-0.3, -0.25) is 0 Å². The van der Waals surface area contributed by atoms with E-state index >= 15 is 0 Å². The first-order valence-electron chi connectivity index (χ1n) is 7.44. The maximum absolute atomic E-state index is 2.52. The minimum absolute atomic E-state index is 0.504. The van der Waals surface area contributed by atoms with Gasteiger partial charge >= 0.3 is 0 Å². The largest absolute Gasteiger partial charge is 0.0651 e. The Kier molecular flexibility index (Phi) is 5.34. The van der Waals surface area contributed by atoms with E-state index in [-0.39, 0.29) is 0 Å². The molecular formula is C16H32. The summed E-state index contributed by atoms with van der Waals surface area (Å²) in [4.78, 5) is 0. The quantitative estimate of drug-likeness (QED) is 0.577. The lowest BCUT2D eigenvalue weighted by atomic mass is 9.70. The van der Waals surface area contributed by atoms with Crippen LogP contribution in [0.2, 0.25) is 0 Å². The van der Waals surface area contributed by atoms with Crippen molar-refractivity contribution in [2.75, 3.05) is 0 Å². The summed E-state index contributed by atoms with van der Waals surface area (Å²) in [7, 11) is 0. The van der Waals surface area contributed by atoms with Gasteiger partial charge in [0.1, 0.15) is 0 Å². The molecule has 0 nitrogen and oxygen atoms in total. The second kappa shape index (κ2) is 6.07. The first kappa shape index (κ1) is 14.1. The van der Waals surface area contributed by atoms with Crippen LogP contribution in [0.25, 0.3) is 0 Å². The molecule has 2 atom stereocenters. The molecule has 0 spiro atoms. The van der Waals surface area contributed by atoms with Crippen molar-refractivity contribution in [3.8, 4) is 0 Å². The van der Waals surface area contributed by atoms with Gasteiger partial charge < -0.3 is 0 Å². The highest BCUT2D eigenvalue weighted by molar-refractivity contribution is 4.79. The smallest absolute Gasteiger partial charge is 0.0380 e. The van der Waals surface area contributed by atoms with Crippen LogP contribution in [-0.2, 0) is 0 Å². The van der Waals surface area contributed by atoms with Crippen LogP contribution in [0.4, 0.5) is 0 Å². The summed E-state index contributed by atoms with van der Waals surface area (Å²) < 4.78 is 0. The Morgan fingerprint density at radius 3 is 2.06 bits per heavy atom. The van der Waals surface area contributed by atoms with Crippen molar-refractivity contribution in [1.29, 1.82) is 0 Å². The van der Waals surface area contributed by atoms with E-state index in [2.05, 4.69) is 34.6 Å². The molecule has 0 amide bonds. The van der Waals surface area contributed by atoms with Crippen LogP contribution in [0.5, 0.6) is 0 Å². The molecule has 0 aromatic carbocycles. The molecule has 1 aliphatic carbocycles. The molecule has 2 unspecified atom stereocenters. The first-order valence-corrected chi connectivity index (χ1v) is 7.44. The van der Waals surface area contributed by atoms with Crippen molar-refractivity contribution in [2.45, 2.75) is 79.6 Å². The van der Waals surface area contributed by atoms with Crippen LogP contribution in [0, 0.1) is 23.2 Å². The summed E-state index contributed by atoms with van der Waals surface area (Å²) in [5.74, 6) is 2.92. The molecular weight excluding hydrogens is 192 g/mol. The molecule has 16 heavy (non-hydrogen) atoms. The Bertz CT molecular complexity index is 181. The van der Waals surface area contributed by atoms with Crippen LogP contribution in [-0.4, -0.2) is 0 Å². The number of rotatable bonds is 4. The van der Waals surface area contributed by atoms with E-state index in [1.165, 1.54) is 44.9 Å². The lowest BCUT2D eigenvalue weighted by molar-refractivity contribution is 0.147. The van der Waals surface area contributed by atoms with E-state index < -0.39 is 0 Å². The molecule has 1 saturated carbocycles. The van der Waals surface area contributed by atoms with Crippen molar-refractivity contribution in [3.05, 3.63) is 0 Å². The van der Waals surface area contributed by atoms with E-state index in [4.69, 9.17) is 0 Å². The van der Waals surface area contributed by atoms with E-state index in [0.29, 0.717) is 5.41 Å². The summed E-state index contributed by atoms with van der Waals surface area (Å²) in [6, 6.07) is 0. The van der Waals surface area contributed by atoms with Crippen molar-refractivity contribution >= 4 is 0 Å². The second-order valence-corrected chi connectivity index (χ2v) is 7.19. The van der Waals surface area contributed by atoms with Crippen molar-refractivity contribution in [1.82, 2.24) is 0 Å². The van der Waals surface area contributed by atoms with Crippen LogP contribution >= 0.6 is 0 Å². The Balaban J connectivity index is 2.50. The molecule has 96 valence electrons. The molecule has 1 fully saturated rings. The Hall–Kier alpha value is 0. The van der Waals surface area contributed by atoms with Gasteiger partial charge in [-0.2, -0.15) is 0 Å². The predicted octanol–water partition coefficient (Wildman–Crippen LogP) is 5.67. The van der Waals surface area contributed by atoms with Gasteiger partial charge in [-0.15, -0.1) is 0 Å². The zero-order valence-electron chi connectivity index (χ0n) is 12.2. The van der Waals surface area contributed by atoms with Crippen molar-refractivity contribution in [3.63, 3.8) is 0 Å². The summed E-state index contributed by atoms with van der Waals surface area (Å²) in [5, 5.41) is 0. The Morgan fingerprint density at radius 1 is 1.06 bits per heavy atom. The summed E-state index contributed by atoms with van der Waals surface area (Å²) in [6.45, 7) is 12.1. The van der Waals surface area contributed by atoms with Gasteiger partial charge in [-0.05, 0) is 29.6 Å². The molecule has 0 aromatic rings. The van der Waals surface area contributed by atoms with E-state index in [1.54, 1.807) is 0 Å². The van der Waals surface area contributed by atoms with Gasteiger partial charge in [-0.1, -0.05) is 73.1 Å². The zero-order valence-corrected chi connectivity index (χ0v) is 12.2. The first-order chi connectivity index (χ1) is 7.44. The van der Waals surface area contributed by atoms with Gasteiger partial charge in [0, 0.05) is 0 Å². The lowest BCUT2D eigenvalue weighted by Gasteiger charge is -2.36. The van der Waals surface area contributed by atoms with Gasteiger partial charge in [0.15, 0.2) is 0 Å². The average molecular weight is 224 g/mol. The van der Waals surface area contributed by atoms with Crippen molar-refractivity contribution in [2.24, 2.45) is 23.2 Å². The minimum atomic E-state index is 0.504. The maximum atomic E-state index is 2.52. The fraction of sp³-hybridized carbons (Fsp3) is 1.00. The van der Waals surface area contributed by atoms with Crippen LogP contribution in [0.1, 0.15) is 79.6 Å². The summed E-state index contributed by atoms with van der Waals surface area (Å²) in [5.41, 5.74) is 0.504. The van der Waals surface area contributed by atoms with E-state index in [1.807, 2.05) is 0 Å². The number of hydrogen-bond acceptors (Lipinski definition) is 0. The average Bonchev–Trinajstić information content (AvgIpc) is 2.25. The summed E-state index contributed by atoms with van der Waals surface area (Å²) >= 11 is 0. The normalized spacial score (nSPS) is 23.1. The fourth-order valence-electron chi connectivity index (χ4n) is 3.53. The molecule has 0 aliphatic heterocycles. The van der Waals surface area contributed by atoms with Crippen LogP contribution in [0.3, 0.4) is 0 Å². The van der Waals surface area contributed by atoms with Crippen molar-refractivity contribution < 1.29 is 0 Å². The third-order valence-corrected chi connectivity index (χ3v) is 4.54. The molecule has 0 heteroatoms. The van der Waals surface area contributed by atoms with Gasteiger partial charge in [0.05, 0.1) is 0 Å². The van der Waals surface area contributed by atoms with Gasteiger partial charge in [0.2, 0.25) is 0 Å². The SMILES string of the molecule is CCC(CC(C)(C)C)C(C)C1CCCCC1. The highest BCUT2D eigenvalue weighted by Crippen LogP contribution is 2.39. The maximum Gasteiger partial charge on any atom is -0.0380 e. The molecule has 0 aromatic heterocycles. The predicted molar refractivity (Wildman–Crippen MR) is 73.6 cm³/mol. The molecule has 0 N–H and O–H groups in total. The van der Waals surface area contributed by atoms with Gasteiger partial charge in [0.25, 0.3) is 0 Å². The molecule has 0 bridgehead atoms. The lowest BCUT2D eigenvalue weighted by Crippen LogP contribution is -2.26. The molecule has 0 radical (unpaired) electrons. The highest BCUT2D eigenvalue weighted by Gasteiger charge is 2.28. The summed E-state index contributed by atoms with van der Waals surface area (Å²) in [6.07, 6.45) is 10.2. The molecule has 1 aliphatic rings. The third-order valence-electron chi connectivity index (χ3n) is 4.54. The topological polar surface area (TPSA) is 0 Å². The molecule has 1 rings (SSSR count).